The maximum atomic E-state index is 12.6. The highest BCUT2D eigenvalue weighted by atomic mass is 79.9. The normalized spacial score (nSPS) is 11.9. The van der Waals surface area contributed by atoms with E-state index in [1.165, 1.54) is 13.1 Å². The first-order chi connectivity index (χ1) is 12.7. The second kappa shape index (κ2) is 8.28. The Balaban J connectivity index is 1.72. The first-order valence-electron chi connectivity index (χ1n) is 7.71. The van der Waals surface area contributed by atoms with Gasteiger partial charge in [-0.15, -0.1) is 0 Å². The van der Waals surface area contributed by atoms with Crippen LogP contribution < -0.4 is 0 Å². The summed E-state index contributed by atoms with van der Waals surface area (Å²) in [6.45, 7) is -0.0370. The Morgan fingerprint density at radius 2 is 1.93 bits per heavy atom. The molecule has 27 heavy (non-hydrogen) atoms. The van der Waals surface area contributed by atoms with Crippen LogP contribution in [0, 0.1) is 0 Å². The Hall–Kier alpha value is -1.45. The van der Waals surface area contributed by atoms with Gasteiger partial charge < -0.3 is 4.52 Å². The van der Waals surface area contributed by atoms with Crippen molar-refractivity contribution in [2.24, 2.45) is 0 Å². The minimum Gasteiger partial charge on any atom is -0.338 e. The topological polar surface area (TPSA) is 76.3 Å². The smallest absolute Gasteiger partial charge is 0.242 e. The van der Waals surface area contributed by atoms with Gasteiger partial charge in [0.25, 0.3) is 0 Å². The van der Waals surface area contributed by atoms with E-state index in [-0.39, 0.29) is 18.2 Å². The van der Waals surface area contributed by atoms with Crippen LogP contribution in [0.1, 0.15) is 11.5 Å². The molecule has 0 atom stereocenters. The van der Waals surface area contributed by atoms with Gasteiger partial charge in [0.15, 0.2) is 0 Å². The molecule has 3 aromatic rings. The lowest BCUT2D eigenvalue weighted by Gasteiger charge is -2.15. The van der Waals surface area contributed by atoms with E-state index in [0.717, 1.165) is 14.3 Å². The second-order valence-corrected chi connectivity index (χ2v) is 9.59. The summed E-state index contributed by atoms with van der Waals surface area (Å²) in [5.74, 6) is 0.374. The molecule has 0 aliphatic carbocycles. The number of benzene rings is 2. The number of sulfonamides is 1. The summed E-state index contributed by atoms with van der Waals surface area (Å²) >= 11 is 15.2. The zero-order chi connectivity index (χ0) is 19.6. The van der Waals surface area contributed by atoms with Crippen LogP contribution in [0.15, 0.2) is 51.5 Å². The van der Waals surface area contributed by atoms with Crippen molar-refractivity contribution < 1.29 is 12.9 Å². The van der Waals surface area contributed by atoms with E-state index >= 15 is 0 Å². The summed E-state index contributed by atoms with van der Waals surface area (Å²) in [5, 5.41) is 4.59. The molecular weight excluding hydrogens is 477 g/mol. The summed E-state index contributed by atoms with van der Waals surface area (Å²) in [7, 11) is -2.15. The summed E-state index contributed by atoms with van der Waals surface area (Å²) in [6, 6.07) is 12.1. The molecule has 0 spiro atoms. The summed E-state index contributed by atoms with van der Waals surface area (Å²) < 4.78 is 32.4. The molecule has 0 unspecified atom stereocenters. The molecule has 10 heteroatoms. The Morgan fingerprint density at radius 3 is 2.63 bits per heavy atom. The predicted molar refractivity (Wildman–Crippen MR) is 108 cm³/mol. The lowest BCUT2D eigenvalue weighted by molar-refractivity contribution is 0.336. The Labute approximate surface area is 175 Å². The molecule has 0 aliphatic heterocycles. The average molecular weight is 491 g/mol. The minimum atomic E-state index is -3.61. The fourth-order valence-electron chi connectivity index (χ4n) is 2.30. The van der Waals surface area contributed by atoms with Crippen LogP contribution in [0.4, 0.5) is 0 Å². The van der Waals surface area contributed by atoms with Crippen LogP contribution in [0.2, 0.25) is 10.0 Å². The van der Waals surface area contributed by atoms with E-state index in [4.69, 9.17) is 27.7 Å². The predicted octanol–water partition coefficient (Wildman–Crippen LogP) is 4.77. The molecule has 0 saturated heterocycles. The molecule has 0 bridgehead atoms. The van der Waals surface area contributed by atoms with Crippen LogP contribution in [0.5, 0.6) is 0 Å². The maximum Gasteiger partial charge on any atom is 0.242 e. The highest BCUT2D eigenvalue weighted by Gasteiger charge is 2.22. The van der Waals surface area contributed by atoms with Crippen LogP contribution in [0.25, 0.3) is 11.4 Å². The van der Waals surface area contributed by atoms with E-state index in [2.05, 4.69) is 26.1 Å². The molecule has 0 N–H and O–H groups in total. The molecule has 6 nitrogen and oxygen atoms in total. The van der Waals surface area contributed by atoms with E-state index in [1.54, 1.807) is 12.1 Å². The van der Waals surface area contributed by atoms with Gasteiger partial charge in [0.1, 0.15) is 0 Å². The van der Waals surface area contributed by atoms with Gasteiger partial charge in [-0.1, -0.05) is 62.5 Å². The highest BCUT2D eigenvalue weighted by Crippen LogP contribution is 2.24. The van der Waals surface area contributed by atoms with Crippen LogP contribution in [-0.2, 0) is 22.3 Å². The van der Waals surface area contributed by atoms with Crippen molar-refractivity contribution in [1.82, 2.24) is 14.4 Å². The van der Waals surface area contributed by atoms with Gasteiger partial charge in [-0.3, -0.25) is 0 Å². The van der Waals surface area contributed by atoms with Crippen molar-refractivity contribution in [3.63, 3.8) is 0 Å². The monoisotopic (exact) mass is 489 g/mol. The molecule has 0 amide bonds. The molecule has 142 valence electrons. The zero-order valence-electron chi connectivity index (χ0n) is 14.1. The first kappa shape index (κ1) is 20.3. The van der Waals surface area contributed by atoms with E-state index in [9.17, 15) is 8.42 Å². The molecule has 0 radical (unpaired) electrons. The molecule has 1 aromatic heterocycles. The Kier molecular flexibility index (Phi) is 6.22. The van der Waals surface area contributed by atoms with Gasteiger partial charge in [-0.2, -0.15) is 9.29 Å². The SMILES string of the molecule is CN(Cc1nc(-c2cccc(Br)c2)no1)S(=O)(=O)Cc1ccc(Cl)c(Cl)c1. The van der Waals surface area contributed by atoms with E-state index < -0.39 is 10.0 Å². The minimum absolute atomic E-state index is 0.0370. The molecule has 0 saturated carbocycles. The summed E-state index contributed by atoms with van der Waals surface area (Å²) in [4.78, 5) is 4.26. The zero-order valence-corrected chi connectivity index (χ0v) is 18.0. The standard InChI is InChI=1S/C17H14BrCl2N3O3S/c1-23(27(24,25)10-11-5-6-14(19)15(20)7-11)9-16-21-17(22-26-16)12-3-2-4-13(18)8-12/h2-8H,9-10H2,1H3. The largest absolute Gasteiger partial charge is 0.338 e. The van der Waals surface area contributed by atoms with Crippen molar-refractivity contribution >= 4 is 49.2 Å². The van der Waals surface area contributed by atoms with E-state index in [1.807, 2.05) is 24.3 Å². The van der Waals surface area contributed by atoms with Crippen LogP contribution in [-0.4, -0.2) is 29.9 Å². The van der Waals surface area contributed by atoms with Crippen LogP contribution in [0.3, 0.4) is 0 Å². The Bertz CT molecular complexity index is 1070. The average Bonchev–Trinajstić information content (AvgIpc) is 3.06. The third-order valence-electron chi connectivity index (χ3n) is 3.72. The fraction of sp³-hybridized carbons (Fsp3) is 0.176. The van der Waals surface area contributed by atoms with Gasteiger partial charge >= 0.3 is 0 Å². The number of halogens is 3. The number of rotatable bonds is 6. The molecule has 1 heterocycles. The molecule has 2 aromatic carbocycles. The number of nitrogens with zero attached hydrogens (tertiary/aromatic N) is 3. The van der Waals surface area contributed by atoms with Crippen molar-refractivity contribution in [1.29, 1.82) is 0 Å². The maximum absolute atomic E-state index is 12.6. The van der Waals surface area contributed by atoms with Gasteiger partial charge in [0, 0.05) is 17.1 Å². The van der Waals surface area contributed by atoms with Crippen molar-refractivity contribution in [2.75, 3.05) is 7.05 Å². The fourth-order valence-corrected chi connectivity index (χ4v) is 4.15. The molecule has 0 aliphatic rings. The Morgan fingerprint density at radius 1 is 1.15 bits per heavy atom. The highest BCUT2D eigenvalue weighted by molar-refractivity contribution is 9.10. The summed E-state index contributed by atoms with van der Waals surface area (Å²) in [6.07, 6.45) is 0. The van der Waals surface area contributed by atoms with Crippen molar-refractivity contribution in [3.8, 4) is 11.4 Å². The van der Waals surface area contributed by atoms with Gasteiger partial charge in [-0.05, 0) is 29.8 Å². The van der Waals surface area contributed by atoms with Crippen LogP contribution >= 0.6 is 39.1 Å². The quantitative estimate of drug-likeness (QED) is 0.497. The van der Waals surface area contributed by atoms with Crippen molar-refractivity contribution in [3.05, 3.63) is 68.4 Å². The number of aromatic nitrogens is 2. The van der Waals surface area contributed by atoms with Gasteiger partial charge in [-0.25, -0.2) is 8.42 Å². The third kappa shape index (κ3) is 5.08. The van der Waals surface area contributed by atoms with E-state index in [0.29, 0.717) is 21.4 Å². The lowest BCUT2D eigenvalue weighted by Crippen LogP contribution is -2.27. The van der Waals surface area contributed by atoms with Gasteiger partial charge in [0.05, 0.1) is 22.3 Å². The molecule has 3 rings (SSSR count). The number of hydrogen-bond donors (Lipinski definition) is 0. The lowest BCUT2D eigenvalue weighted by atomic mass is 10.2. The number of hydrogen-bond acceptors (Lipinski definition) is 5. The molecular formula is C17H14BrCl2N3O3S. The summed E-state index contributed by atoms with van der Waals surface area (Å²) in [5.41, 5.74) is 1.30. The first-order valence-corrected chi connectivity index (χ1v) is 10.9. The van der Waals surface area contributed by atoms with Gasteiger partial charge in [0.2, 0.25) is 21.7 Å². The third-order valence-corrected chi connectivity index (χ3v) is 6.73. The van der Waals surface area contributed by atoms with Crippen molar-refractivity contribution in [2.45, 2.75) is 12.3 Å². The second-order valence-electron chi connectivity index (χ2n) is 5.78. The molecule has 0 fully saturated rings.